The fourth-order valence-electron chi connectivity index (χ4n) is 1.95. The van der Waals surface area contributed by atoms with Crippen molar-refractivity contribution in [3.8, 4) is 0 Å². The molecule has 18 heavy (non-hydrogen) atoms. The molecule has 1 N–H and O–H groups in total. The topological polar surface area (TPSA) is 29.9 Å². The molecule has 0 radical (unpaired) electrons. The average molecular weight is 264 g/mol. The number of hydrogen-bond acceptors (Lipinski definition) is 2. The third kappa shape index (κ3) is 3.12. The molecule has 0 spiro atoms. The zero-order valence-electron chi connectivity index (χ0n) is 10.9. The highest BCUT2D eigenvalue weighted by Crippen LogP contribution is 2.16. The fraction of sp³-hybridized carbons (Fsp3) is 0.357. The van der Waals surface area contributed by atoms with E-state index in [4.69, 9.17) is 11.6 Å². The summed E-state index contributed by atoms with van der Waals surface area (Å²) in [7, 11) is 1.94. The Labute approximate surface area is 113 Å². The van der Waals surface area contributed by atoms with E-state index in [-0.39, 0.29) is 0 Å². The SMILES string of the molecule is Cc1nn(C)cc1CN[C@@H](C)c1ccc(Cl)cc1. The van der Waals surface area contributed by atoms with Crippen LogP contribution in [0.4, 0.5) is 0 Å². The van der Waals surface area contributed by atoms with Crippen LogP contribution in [-0.4, -0.2) is 9.78 Å². The number of halogens is 1. The summed E-state index contributed by atoms with van der Waals surface area (Å²) < 4.78 is 1.85. The van der Waals surface area contributed by atoms with Gasteiger partial charge in [0, 0.05) is 36.4 Å². The van der Waals surface area contributed by atoms with Crippen LogP contribution in [0.2, 0.25) is 5.02 Å². The van der Waals surface area contributed by atoms with E-state index >= 15 is 0 Å². The van der Waals surface area contributed by atoms with Crippen LogP contribution in [0.3, 0.4) is 0 Å². The number of nitrogens with zero attached hydrogens (tertiary/aromatic N) is 2. The predicted octanol–water partition coefficient (Wildman–Crippen LogP) is 3.23. The first kappa shape index (κ1) is 13.1. The van der Waals surface area contributed by atoms with E-state index in [2.05, 4.69) is 35.7 Å². The summed E-state index contributed by atoms with van der Waals surface area (Å²) >= 11 is 5.88. The van der Waals surface area contributed by atoms with Gasteiger partial charge >= 0.3 is 0 Å². The van der Waals surface area contributed by atoms with Gasteiger partial charge in [0.25, 0.3) is 0 Å². The lowest BCUT2D eigenvalue weighted by Gasteiger charge is -2.14. The summed E-state index contributed by atoms with van der Waals surface area (Å²) in [5.41, 5.74) is 3.55. The van der Waals surface area contributed by atoms with E-state index in [1.165, 1.54) is 11.1 Å². The molecule has 96 valence electrons. The maximum Gasteiger partial charge on any atom is 0.0638 e. The molecule has 0 amide bonds. The van der Waals surface area contributed by atoms with Crippen molar-refractivity contribution in [1.82, 2.24) is 15.1 Å². The van der Waals surface area contributed by atoms with E-state index in [1.807, 2.05) is 30.8 Å². The predicted molar refractivity (Wildman–Crippen MR) is 74.7 cm³/mol. The van der Waals surface area contributed by atoms with Crippen molar-refractivity contribution in [2.75, 3.05) is 0 Å². The number of benzene rings is 1. The Balaban J connectivity index is 1.98. The molecule has 0 bridgehead atoms. The van der Waals surface area contributed by atoms with Crippen LogP contribution in [0.5, 0.6) is 0 Å². The molecule has 0 aliphatic rings. The second-order valence-electron chi connectivity index (χ2n) is 4.57. The van der Waals surface area contributed by atoms with E-state index in [0.717, 1.165) is 17.3 Å². The van der Waals surface area contributed by atoms with Crippen molar-refractivity contribution in [2.45, 2.75) is 26.4 Å². The molecule has 4 heteroatoms. The molecule has 0 aliphatic carbocycles. The van der Waals surface area contributed by atoms with Crippen LogP contribution in [0, 0.1) is 6.92 Å². The highest BCUT2D eigenvalue weighted by molar-refractivity contribution is 6.30. The van der Waals surface area contributed by atoms with Crippen LogP contribution in [0.25, 0.3) is 0 Å². The molecule has 3 nitrogen and oxygen atoms in total. The Kier molecular flexibility index (Phi) is 4.04. The Hall–Kier alpha value is -1.32. The highest BCUT2D eigenvalue weighted by atomic mass is 35.5. The number of aryl methyl sites for hydroxylation is 2. The monoisotopic (exact) mass is 263 g/mol. The summed E-state index contributed by atoms with van der Waals surface area (Å²) in [6.45, 7) is 5.00. The van der Waals surface area contributed by atoms with Gasteiger partial charge in [-0.15, -0.1) is 0 Å². The second kappa shape index (κ2) is 5.55. The van der Waals surface area contributed by atoms with Gasteiger partial charge < -0.3 is 5.32 Å². The first-order valence-electron chi connectivity index (χ1n) is 6.04. The third-order valence-corrected chi connectivity index (χ3v) is 3.34. The van der Waals surface area contributed by atoms with Gasteiger partial charge in [-0.1, -0.05) is 23.7 Å². The highest BCUT2D eigenvalue weighted by Gasteiger charge is 2.07. The van der Waals surface area contributed by atoms with Gasteiger partial charge in [-0.3, -0.25) is 4.68 Å². The van der Waals surface area contributed by atoms with E-state index in [1.54, 1.807) is 0 Å². The molecule has 0 unspecified atom stereocenters. The lowest BCUT2D eigenvalue weighted by Crippen LogP contribution is -2.18. The van der Waals surface area contributed by atoms with Crippen LogP contribution >= 0.6 is 11.6 Å². The average Bonchev–Trinajstić information content (AvgIpc) is 2.66. The zero-order chi connectivity index (χ0) is 13.1. The molecule has 0 fully saturated rings. The summed E-state index contributed by atoms with van der Waals surface area (Å²) in [6, 6.07) is 8.24. The normalized spacial score (nSPS) is 12.7. The second-order valence-corrected chi connectivity index (χ2v) is 5.00. The maximum atomic E-state index is 5.88. The Morgan fingerprint density at radius 1 is 1.33 bits per heavy atom. The Morgan fingerprint density at radius 3 is 2.56 bits per heavy atom. The van der Waals surface area contributed by atoms with Gasteiger partial charge in [0.05, 0.1) is 5.69 Å². The molecule has 2 rings (SSSR count). The summed E-state index contributed by atoms with van der Waals surface area (Å²) in [4.78, 5) is 0. The maximum absolute atomic E-state index is 5.88. The minimum Gasteiger partial charge on any atom is -0.306 e. The van der Waals surface area contributed by atoms with Gasteiger partial charge in [-0.25, -0.2) is 0 Å². The van der Waals surface area contributed by atoms with Gasteiger partial charge in [-0.05, 0) is 31.5 Å². The van der Waals surface area contributed by atoms with Gasteiger partial charge in [-0.2, -0.15) is 5.10 Å². The number of hydrogen-bond donors (Lipinski definition) is 1. The van der Waals surface area contributed by atoms with Crippen molar-refractivity contribution >= 4 is 11.6 Å². The minimum atomic E-state index is 0.293. The standard InChI is InChI=1S/C14H18ClN3/c1-10(12-4-6-14(15)7-5-12)16-8-13-9-18(3)17-11(13)2/h4-7,9-10,16H,8H2,1-3H3/t10-/m0/s1. The molecule has 0 saturated heterocycles. The molecule has 1 heterocycles. The molecule has 1 atom stereocenters. The van der Waals surface area contributed by atoms with E-state index < -0.39 is 0 Å². The Morgan fingerprint density at radius 2 is 2.00 bits per heavy atom. The lowest BCUT2D eigenvalue weighted by molar-refractivity contribution is 0.573. The van der Waals surface area contributed by atoms with Crippen molar-refractivity contribution in [2.24, 2.45) is 7.05 Å². The zero-order valence-corrected chi connectivity index (χ0v) is 11.7. The number of aromatic nitrogens is 2. The van der Waals surface area contributed by atoms with Crippen LogP contribution in [0.1, 0.15) is 29.8 Å². The molecular weight excluding hydrogens is 246 g/mol. The quantitative estimate of drug-likeness (QED) is 0.918. The van der Waals surface area contributed by atoms with Crippen molar-refractivity contribution in [1.29, 1.82) is 0 Å². The first-order valence-corrected chi connectivity index (χ1v) is 6.42. The summed E-state index contributed by atoms with van der Waals surface area (Å²) in [5, 5.41) is 8.60. The fourth-order valence-corrected chi connectivity index (χ4v) is 2.08. The molecular formula is C14H18ClN3. The van der Waals surface area contributed by atoms with Crippen molar-refractivity contribution in [3.05, 3.63) is 52.3 Å². The molecule has 0 aliphatic heterocycles. The van der Waals surface area contributed by atoms with Gasteiger partial charge in [0.15, 0.2) is 0 Å². The number of nitrogens with one attached hydrogen (secondary N) is 1. The molecule has 1 aromatic heterocycles. The van der Waals surface area contributed by atoms with Crippen LogP contribution < -0.4 is 5.32 Å². The number of rotatable bonds is 4. The van der Waals surface area contributed by atoms with Crippen molar-refractivity contribution < 1.29 is 0 Å². The summed E-state index contributed by atoms with van der Waals surface area (Å²) in [5.74, 6) is 0. The van der Waals surface area contributed by atoms with Gasteiger partial charge in [0.1, 0.15) is 0 Å². The summed E-state index contributed by atoms with van der Waals surface area (Å²) in [6.07, 6.45) is 2.05. The Bertz CT molecular complexity index is 516. The van der Waals surface area contributed by atoms with E-state index in [9.17, 15) is 0 Å². The van der Waals surface area contributed by atoms with E-state index in [0.29, 0.717) is 6.04 Å². The largest absolute Gasteiger partial charge is 0.306 e. The third-order valence-electron chi connectivity index (χ3n) is 3.08. The van der Waals surface area contributed by atoms with Crippen LogP contribution in [0.15, 0.2) is 30.5 Å². The van der Waals surface area contributed by atoms with Gasteiger partial charge in [0.2, 0.25) is 0 Å². The smallest absolute Gasteiger partial charge is 0.0638 e. The van der Waals surface area contributed by atoms with Crippen molar-refractivity contribution in [3.63, 3.8) is 0 Å². The lowest BCUT2D eigenvalue weighted by atomic mass is 10.1. The molecule has 0 saturated carbocycles. The first-order chi connectivity index (χ1) is 8.56. The minimum absolute atomic E-state index is 0.293. The van der Waals surface area contributed by atoms with Crippen LogP contribution in [-0.2, 0) is 13.6 Å². The molecule has 2 aromatic rings. The molecule has 1 aromatic carbocycles.